The highest BCUT2D eigenvalue weighted by Gasteiger charge is 2.27. The minimum absolute atomic E-state index is 0.0780. The number of hydrogen-bond acceptors (Lipinski definition) is 7. The molecular formula is C33H30FN5O3. The van der Waals surface area contributed by atoms with Crippen molar-refractivity contribution in [2.45, 2.75) is 32.2 Å². The van der Waals surface area contributed by atoms with E-state index >= 15 is 0 Å². The Hall–Kier alpha value is -5.05. The summed E-state index contributed by atoms with van der Waals surface area (Å²) < 4.78 is 26.2. The molecule has 0 saturated heterocycles. The summed E-state index contributed by atoms with van der Waals surface area (Å²) >= 11 is 0. The van der Waals surface area contributed by atoms with E-state index in [1.165, 1.54) is 12.1 Å². The molecule has 0 spiro atoms. The van der Waals surface area contributed by atoms with Crippen LogP contribution in [0.15, 0.2) is 90.1 Å². The molecule has 0 radical (unpaired) electrons. The number of aromatic nitrogens is 3. The van der Waals surface area contributed by atoms with E-state index in [0.717, 1.165) is 33.5 Å². The Labute approximate surface area is 242 Å². The third-order valence-electron chi connectivity index (χ3n) is 7.00. The number of fused-ring (bicyclic) bond motifs is 1. The monoisotopic (exact) mass is 563 g/mol. The van der Waals surface area contributed by atoms with E-state index in [1.807, 2.05) is 74.6 Å². The number of anilines is 2. The zero-order chi connectivity index (χ0) is 29.3. The standard InChI is InChI=1S/C33H30FN5O3/c1-33(2)20-42-31(37-33)24-10-14-28(29(18-24)41-3)35-32-36-30-15-11-25(19-39(30)38-32)23-8-4-21(5-9-23)16-27(40)17-22-6-12-26(34)13-7-22/h4-15,18-19H,16-17,20H2,1-3H3,(H,35,38). The highest BCUT2D eigenvalue weighted by atomic mass is 19.1. The largest absolute Gasteiger partial charge is 0.495 e. The summed E-state index contributed by atoms with van der Waals surface area (Å²) in [6.45, 7) is 4.61. The predicted octanol–water partition coefficient (Wildman–Crippen LogP) is 6.20. The zero-order valence-electron chi connectivity index (χ0n) is 23.6. The van der Waals surface area contributed by atoms with Gasteiger partial charge in [0.1, 0.15) is 24.0 Å². The quantitative estimate of drug-likeness (QED) is 0.230. The number of rotatable bonds is 9. The van der Waals surface area contributed by atoms with Crippen LogP contribution in [0.3, 0.4) is 0 Å². The fourth-order valence-corrected chi connectivity index (χ4v) is 4.82. The third-order valence-corrected chi connectivity index (χ3v) is 7.00. The van der Waals surface area contributed by atoms with Crippen LogP contribution in [0.4, 0.5) is 16.0 Å². The molecule has 3 aromatic carbocycles. The Kier molecular flexibility index (Phi) is 7.16. The van der Waals surface area contributed by atoms with Gasteiger partial charge in [0.25, 0.3) is 0 Å². The number of pyridine rings is 1. The molecule has 0 bridgehead atoms. The molecule has 0 fully saturated rings. The van der Waals surface area contributed by atoms with Crippen LogP contribution in [-0.4, -0.2) is 45.5 Å². The van der Waals surface area contributed by atoms with Crippen LogP contribution in [0.5, 0.6) is 5.75 Å². The molecule has 0 saturated carbocycles. The minimum atomic E-state index is -0.306. The van der Waals surface area contributed by atoms with Gasteiger partial charge in [-0.05, 0) is 73.0 Å². The number of aliphatic imine (C=N–C) groups is 1. The van der Waals surface area contributed by atoms with Gasteiger partial charge in [0, 0.05) is 30.2 Å². The second-order valence-corrected chi connectivity index (χ2v) is 10.9. The van der Waals surface area contributed by atoms with Crippen LogP contribution < -0.4 is 10.1 Å². The molecule has 42 heavy (non-hydrogen) atoms. The molecule has 2 aromatic heterocycles. The molecule has 1 aliphatic heterocycles. The summed E-state index contributed by atoms with van der Waals surface area (Å²) in [5, 5.41) is 7.87. The van der Waals surface area contributed by atoms with Gasteiger partial charge in [-0.15, -0.1) is 5.10 Å². The van der Waals surface area contributed by atoms with Gasteiger partial charge in [-0.3, -0.25) is 4.79 Å². The molecule has 9 heteroatoms. The summed E-state index contributed by atoms with van der Waals surface area (Å²) in [6, 6.07) is 23.5. The molecule has 0 unspecified atom stereocenters. The lowest BCUT2D eigenvalue weighted by molar-refractivity contribution is -0.117. The van der Waals surface area contributed by atoms with Gasteiger partial charge in [0.05, 0.1) is 18.3 Å². The summed E-state index contributed by atoms with van der Waals surface area (Å²) in [6.07, 6.45) is 2.51. The maximum Gasteiger partial charge on any atom is 0.247 e. The van der Waals surface area contributed by atoms with Crippen molar-refractivity contribution in [2.75, 3.05) is 19.0 Å². The van der Waals surface area contributed by atoms with Gasteiger partial charge in [0.15, 0.2) is 5.65 Å². The maximum atomic E-state index is 13.1. The molecule has 6 rings (SSSR count). The van der Waals surface area contributed by atoms with E-state index in [0.29, 0.717) is 36.3 Å². The van der Waals surface area contributed by atoms with Crippen molar-refractivity contribution in [3.8, 4) is 16.9 Å². The molecule has 3 heterocycles. The van der Waals surface area contributed by atoms with Gasteiger partial charge >= 0.3 is 0 Å². The lowest BCUT2D eigenvalue weighted by atomic mass is 10.0. The van der Waals surface area contributed by atoms with E-state index in [4.69, 9.17) is 9.47 Å². The molecule has 8 nitrogen and oxygen atoms in total. The molecule has 1 N–H and O–H groups in total. The Bertz CT molecular complexity index is 1790. The molecule has 0 amide bonds. The average Bonchev–Trinajstić information content (AvgIpc) is 3.56. The Morgan fingerprint density at radius 3 is 2.29 bits per heavy atom. The maximum absolute atomic E-state index is 13.1. The van der Waals surface area contributed by atoms with E-state index in [9.17, 15) is 9.18 Å². The fraction of sp³-hybridized carbons (Fsp3) is 0.212. The first-order valence-corrected chi connectivity index (χ1v) is 13.6. The van der Waals surface area contributed by atoms with E-state index in [2.05, 4.69) is 20.4 Å². The number of Topliss-reactive ketones (excluding diaryl/α,β-unsaturated/α-hetero) is 1. The number of halogens is 1. The van der Waals surface area contributed by atoms with Gasteiger partial charge in [-0.25, -0.2) is 13.9 Å². The van der Waals surface area contributed by atoms with Crippen LogP contribution in [0.1, 0.15) is 30.5 Å². The average molecular weight is 564 g/mol. The van der Waals surface area contributed by atoms with Crippen molar-refractivity contribution in [3.63, 3.8) is 0 Å². The normalized spacial score (nSPS) is 14.0. The molecule has 0 atom stereocenters. The number of ketones is 1. The molecule has 212 valence electrons. The van der Waals surface area contributed by atoms with Crippen molar-refractivity contribution >= 4 is 29.0 Å². The van der Waals surface area contributed by atoms with Crippen LogP contribution in [0, 0.1) is 5.82 Å². The number of nitrogens with one attached hydrogen (secondary N) is 1. The van der Waals surface area contributed by atoms with Crippen LogP contribution in [0.2, 0.25) is 0 Å². The number of nitrogens with zero attached hydrogens (tertiary/aromatic N) is 4. The molecule has 1 aliphatic rings. The molecule has 0 aliphatic carbocycles. The molecular weight excluding hydrogens is 533 g/mol. The van der Waals surface area contributed by atoms with Crippen LogP contribution in [0.25, 0.3) is 16.8 Å². The highest BCUT2D eigenvalue weighted by Crippen LogP contribution is 2.30. The van der Waals surface area contributed by atoms with Gasteiger partial charge < -0.3 is 14.8 Å². The second kappa shape index (κ2) is 11.1. The lowest BCUT2D eigenvalue weighted by Gasteiger charge is -2.10. The van der Waals surface area contributed by atoms with Crippen LogP contribution in [-0.2, 0) is 22.4 Å². The van der Waals surface area contributed by atoms with Crippen LogP contribution >= 0.6 is 0 Å². The number of ether oxygens (including phenoxy) is 2. The Balaban J connectivity index is 1.14. The number of hydrogen-bond donors (Lipinski definition) is 1. The smallest absolute Gasteiger partial charge is 0.247 e. The lowest BCUT2D eigenvalue weighted by Crippen LogP contribution is -2.17. The predicted molar refractivity (Wildman–Crippen MR) is 160 cm³/mol. The number of benzene rings is 3. The summed E-state index contributed by atoms with van der Waals surface area (Å²) in [7, 11) is 1.61. The van der Waals surface area contributed by atoms with Crippen molar-refractivity contribution < 1.29 is 18.7 Å². The van der Waals surface area contributed by atoms with Crippen molar-refractivity contribution in [3.05, 3.63) is 108 Å². The van der Waals surface area contributed by atoms with Gasteiger partial charge in [-0.2, -0.15) is 4.98 Å². The minimum Gasteiger partial charge on any atom is -0.495 e. The highest BCUT2D eigenvalue weighted by molar-refractivity contribution is 5.96. The third kappa shape index (κ3) is 6.00. The second-order valence-electron chi connectivity index (χ2n) is 10.9. The number of methoxy groups -OCH3 is 1. The number of carbonyl (C=O) groups excluding carboxylic acids is 1. The summed E-state index contributed by atoms with van der Waals surface area (Å²) in [4.78, 5) is 21.7. The zero-order valence-corrected chi connectivity index (χ0v) is 23.6. The topological polar surface area (TPSA) is 90.1 Å². The van der Waals surface area contributed by atoms with Crippen molar-refractivity contribution in [1.82, 2.24) is 14.6 Å². The first-order valence-electron chi connectivity index (χ1n) is 13.6. The summed E-state index contributed by atoms with van der Waals surface area (Å²) in [5.41, 5.74) is 5.70. The first kappa shape index (κ1) is 27.1. The summed E-state index contributed by atoms with van der Waals surface area (Å²) in [5.74, 6) is 1.43. The SMILES string of the molecule is COc1cc(C2=NC(C)(C)CO2)ccc1Nc1nc2ccc(-c3ccc(CC(=O)Cc4ccc(F)cc4)cc3)cn2n1. The van der Waals surface area contributed by atoms with E-state index in [1.54, 1.807) is 23.8 Å². The van der Waals surface area contributed by atoms with Gasteiger partial charge in [-0.1, -0.05) is 36.4 Å². The van der Waals surface area contributed by atoms with E-state index < -0.39 is 0 Å². The Morgan fingerprint density at radius 1 is 0.952 bits per heavy atom. The van der Waals surface area contributed by atoms with E-state index in [-0.39, 0.29) is 23.6 Å². The Morgan fingerprint density at radius 2 is 1.62 bits per heavy atom. The number of carbonyl (C=O) groups is 1. The first-order chi connectivity index (χ1) is 20.2. The van der Waals surface area contributed by atoms with Gasteiger partial charge in [0.2, 0.25) is 11.8 Å². The fourth-order valence-electron chi connectivity index (χ4n) is 4.82. The van der Waals surface area contributed by atoms with Crippen molar-refractivity contribution in [2.24, 2.45) is 4.99 Å². The van der Waals surface area contributed by atoms with Crippen molar-refractivity contribution in [1.29, 1.82) is 0 Å². The molecule has 5 aromatic rings.